The van der Waals surface area contributed by atoms with E-state index in [2.05, 4.69) is 15.9 Å². The van der Waals surface area contributed by atoms with Gasteiger partial charge in [0.2, 0.25) is 0 Å². The summed E-state index contributed by atoms with van der Waals surface area (Å²) >= 11 is 3.36. The molecule has 0 amide bonds. The molecule has 3 nitrogen and oxygen atoms in total. The number of rotatable bonds is 6. The van der Waals surface area contributed by atoms with Gasteiger partial charge in [-0.25, -0.2) is 4.39 Å². The largest absolute Gasteiger partial charge is 0.490 e. The molecule has 0 aliphatic rings. The molecule has 2 aromatic carbocycles. The fourth-order valence-electron chi connectivity index (χ4n) is 1.81. The molecule has 112 valence electrons. The second kappa shape index (κ2) is 7.43. The van der Waals surface area contributed by atoms with Crippen LogP contribution in [0.5, 0.6) is 11.5 Å². The zero-order chi connectivity index (χ0) is 15.2. The molecule has 1 N–H and O–H groups in total. The Morgan fingerprint density at radius 3 is 2.33 bits per heavy atom. The molecule has 0 fully saturated rings. The van der Waals surface area contributed by atoms with Gasteiger partial charge in [-0.05, 0) is 37.3 Å². The molecule has 0 radical (unpaired) electrons. The Kier molecular flexibility index (Phi) is 5.59. The van der Waals surface area contributed by atoms with E-state index in [9.17, 15) is 9.50 Å². The summed E-state index contributed by atoms with van der Waals surface area (Å²) in [5, 5.41) is 9.35. The summed E-state index contributed by atoms with van der Waals surface area (Å²) in [6.07, 6.45) is -0.834. The lowest BCUT2D eigenvalue weighted by Crippen LogP contribution is -2.09. The standard InChI is InChI=1S/C16H16BrFO3/c1-11(19)15-6-5-14(10-16(15)18)21-8-7-20-13-4-2-3-12(17)9-13/h2-6,9-11,19H,7-8H2,1H3/t11-/m0/s1. The maximum Gasteiger partial charge on any atom is 0.132 e. The van der Waals surface area contributed by atoms with E-state index in [0.29, 0.717) is 19.0 Å². The van der Waals surface area contributed by atoms with Crippen LogP contribution >= 0.6 is 15.9 Å². The zero-order valence-corrected chi connectivity index (χ0v) is 13.1. The van der Waals surface area contributed by atoms with E-state index in [-0.39, 0.29) is 5.56 Å². The van der Waals surface area contributed by atoms with Crippen LogP contribution in [0.15, 0.2) is 46.9 Å². The van der Waals surface area contributed by atoms with Gasteiger partial charge in [0.25, 0.3) is 0 Å². The van der Waals surface area contributed by atoms with E-state index >= 15 is 0 Å². The summed E-state index contributed by atoms with van der Waals surface area (Å²) in [4.78, 5) is 0. The quantitative estimate of drug-likeness (QED) is 0.793. The zero-order valence-electron chi connectivity index (χ0n) is 11.6. The van der Waals surface area contributed by atoms with Crippen molar-refractivity contribution in [2.24, 2.45) is 0 Å². The maximum atomic E-state index is 13.6. The molecule has 0 aromatic heterocycles. The van der Waals surface area contributed by atoms with Gasteiger partial charge in [-0.2, -0.15) is 0 Å². The molecule has 2 rings (SSSR count). The van der Waals surface area contributed by atoms with E-state index in [4.69, 9.17) is 9.47 Å². The first-order valence-corrected chi connectivity index (χ1v) is 7.34. The molecule has 0 saturated heterocycles. The molecular formula is C16H16BrFO3. The maximum absolute atomic E-state index is 13.6. The summed E-state index contributed by atoms with van der Waals surface area (Å²) in [6.45, 7) is 2.18. The van der Waals surface area contributed by atoms with E-state index in [0.717, 1.165) is 10.2 Å². The molecule has 0 spiro atoms. The Hall–Kier alpha value is -1.59. The van der Waals surface area contributed by atoms with E-state index in [1.165, 1.54) is 19.1 Å². The number of hydrogen-bond acceptors (Lipinski definition) is 3. The van der Waals surface area contributed by atoms with Crippen LogP contribution in [0.25, 0.3) is 0 Å². The summed E-state index contributed by atoms with van der Waals surface area (Å²) < 4.78 is 25.5. The van der Waals surface area contributed by atoms with Crippen LogP contribution in [0.4, 0.5) is 4.39 Å². The Bertz CT molecular complexity index is 602. The van der Waals surface area contributed by atoms with Gasteiger partial charge in [-0.15, -0.1) is 0 Å². The van der Waals surface area contributed by atoms with Crippen molar-refractivity contribution in [1.29, 1.82) is 0 Å². The molecule has 0 aliphatic heterocycles. The summed E-state index contributed by atoms with van der Waals surface area (Å²) in [5.41, 5.74) is 0.257. The predicted octanol–water partition coefficient (Wildman–Crippen LogP) is 4.10. The lowest BCUT2D eigenvalue weighted by molar-refractivity contribution is 0.193. The van der Waals surface area contributed by atoms with Crippen molar-refractivity contribution in [3.05, 3.63) is 58.3 Å². The van der Waals surface area contributed by atoms with E-state index < -0.39 is 11.9 Å². The van der Waals surface area contributed by atoms with Gasteiger partial charge in [0.1, 0.15) is 30.5 Å². The number of halogens is 2. The molecule has 0 saturated carbocycles. The number of ether oxygens (including phenoxy) is 2. The number of hydrogen-bond donors (Lipinski definition) is 1. The Morgan fingerprint density at radius 2 is 1.76 bits per heavy atom. The lowest BCUT2D eigenvalue weighted by atomic mass is 10.1. The number of aliphatic hydroxyl groups is 1. The fourth-order valence-corrected chi connectivity index (χ4v) is 2.19. The van der Waals surface area contributed by atoms with Gasteiger partial charge >= 0.3 is 0 Å². The second-order valence-corrected chi connectivity index (χ2v) is 5.43. The average Bonchev–Trinajstić information content (AvgIpc) is 2.43. The Morgan fingerprint density at radius 1 is 1.10 bits per heavy atom. The Labute approximate surface area is 131 Å². The normalized spacial score (nSPS) is 12.0. The monoisotopic (exact) mass is 354 g/mol. The minimum absolute atomic E-state index is 0.257. The van der Waals surface area contributed by atoms with Crippen molar-refractivity contribution in [3.8, 4) is 11.5 Å². The highest BCUT2D eigenvalue weighted by molar-refractivity contribution is 9.10. The third kappa shape index (κ3) is 4.72. The van der Waals surface area contributed by atoms with Gasteiger partial charge in [0.05, 0.1) is 6.10 Å². The van der Waals surface area contributed by atoms with Crippen molar-refractivity contribution >= 4 is 15.9 Å². The van der Waals surface area contributed by atoms with Crippen molar-refractivity contribution in [2.75, 3.05) is 13.2 Å². The Balaban J connectivity index is 1.82. The molecule has 0 bridgehead atoms. The van der Waals surface area contributed by atoms with Crippen molar-refractivity contribution in [2.45, 2.75) is 13.0 Å². The molecular weight excluding hydrogens is 339 g/mol. The van der Waals surface area contributed by atoms with Crippen LogP contribution < -0.4 is 9.47 Å². The summed E-state index contributed by atoms with van der Waals surface area (Å²) in [6, 6.07) is 11.9. The van der Waals surface area contributed by atoms with Crippen molar-refractivity contribution in [3.63, 3.8) is 0 Å². The van der Waals surface area contributed by atoms with Crippen LogP contribution in [-0.2, 0) is 0 Å². The minimum Gasteiger partial charge on any atom is -0.490 e. The van der Waals surface area contributed by atoms with Gasteiger partial charge in [-0.3, -0.25) is 0 Å². The molecule has 0 unspecified atom stereocenters. The molecule has 1 atom stereocenters. The van der Waals surface area contributed by atoms with E-state index in [1.54, 1.807) is 6.07 Å². The second-order valence-electron chi connectivity index (χ2n) is 4.51. The van der Waals surface area contributed by atoms with Crippen LogP contribution in [0.1, 0.15) is 18.6 Å². The average molecular weight is 355 g/mol. The minimum atomic E-state index is -0.834. The summed E-state index contributed by atoms with van der Waals surface area (Å²) in [5.74, 6) is 0.675. The SMILES string of the molecule is C[C@H](O)c1ccc(OCCOc2cccc(Br)c2)cc1F. The molecule has 0 aliphatic carbocycles. The van der Waals surface area contributed by atoms with Crippen LogP contribution in [0.3, 0.4) is 0 Å². The first-order valence-electron chi connectivity index (χ1n) is 6.55. The van der Waals surface area contributed by atoms with Gasteiger partial charge in [0.15, 0.2) is 0 Å². The molecule has 2 aromatic rings. The topological polar surface area (TPSA) is 38.7 Å². The highest BCUT2D eigenvalue weighted by atomic mass is 79.9. The van der Waals surface area contributed by atoms with Crippen molar-refractivity contribution in [1.82, 2.24) is 0 Å². The van der Waals surface area contributed by atoms with E-state index in [1.807, 2.05) is 24.3 Å². The first kappa shape index (κ1) is 15.8. The molecule has 0 heterocycles. The first-order chi connectivity index (χ1) is 10.1. The third-order valence-electron chi connectivity index (χ3n) is 2.84. The van der Waals surface area contributed by atoms with Crippen molar-refractivity contribution < 1.29 is 19.0 Å². The highest BCUT2D eigenvalue weighted by Crippen LogP contribution is 2.22. The summed E-state index contributed by atoms with van der Waals surface area (Å²) in [7, 11) is 0. The van der Waals surface area contributed by atoms with Crippen LogP contribution in [-0.4, -0.2) is 18.3 Å². The van der Waals surface area contributed by atoms with Gasteiger partial charge < -0.3 is 14.6 Å². The predicted molar refractivity (Wildman–Crippen MR) is 82.2 cm³/mol. The molecule has 5 heteroatoms. The fraction of sp³-hybridized carbons (Fsp3) is 0.250. The van der Waals surface area contributed by atoms with Gasteiger partial charge in [-0.1, -0.05) is 22.0 Å². The number of benzene rings is 2. The van der Waals surface area contributed by atoms with Crippen LogP contribution in [0.2, 0.25) is 0 Å². The smallest absolute Gasteiger partial charge is 0.132 e. The lowest BCUT2D eigenvalue weighted by Gasteiger charge is -2.11. The van der Waals surface area contributed by atoms with Crippen LogP contribution in [0, 0.1) is 5.82 Å². The third-order valence-corrected chi connectivity index (χ3v) is 3.33. The van der Waals surface area contributed by atoms with Gasteiger partial charge in [0, 0.05) is 16.1 Å². The number of aliphatic hydroxyl groups excluding tert-OH is 1. The molecule has 21 heavy (non-hydrogen) atoms. The highest BCUT2D eigenvalue weighted by Gasteiger charge is 2.08.